The van der Waals surface area contributed by atoms with Crippen LogP contribution in [0, 0.1) is 0 Å². The molecule has 0 unspecified atom stereocenters. The van der Waals surface area contributed by atoms with Gasteiger partial charge in [0.1, 0.15) is 0 Å². The van der Waals surface area contributed by atoms with Crippen LogP contribution in [0.3, 0.4) is 0 Å². The standard InChI is InChI=1S/C14H20N2O4/c1-15-6-3-11(9-12(15)17)13(18)16(2)10-14(19)4-7-20-8-5-14/h3,6,9,19H,4-5,7-8,10H2,1-2H3. The summed E-state index contributed by atoms with van der Waals surface area (Å²) in [4.78, 5) is 25.3. The predicted octanol–water partition coefficient (Wildman–Crippen LogP) is -0.00120. The Bertz CT molecular complexity index is 546. The lowest BCUT2D eigenvalue weighted by Crippen LogP contribution is -2.47. The third-order valence-corrected chi connectivity index (χ3v) is 3.65. The Morgan fingerprint density at radius 2 is 2.15 bits per heavy atom. The fourth-order valence-corrected chi connectivity index (χ4v) is 2.32. The van der Waals surface area contributed by atoms with E-state index in [-0.39, 0.29) is 18.0 Å². The number of aryl methyl sites for hydroxylation is 1. The number of hydrogen-bond acceptors (Lipinski definition) is 4. The molecule has 1 N–H and O–H groups in total. The SMILES string of the molecule is CN(CC1(O)CCOCC1)C(=O)c1ccn(C)c(=O)c1. The summed E-state index contributed by atoms with van der Waals surface area (Å²) >= 11 is 0. The molecule has 0 aliphatic carbocycles. The Balaban J connectivity index is 2.08. The van der Waals surface area contributed by atoms with E-state index < -0.39 is 5.60 Å². The number of hydrogen-bond donors (Lipinski definition) is 1. The number of carbonyl (C=O) groups excluding carboxylic acids is 1. The minimum atomic E-state index is -0.900. The molecule has 1 aromatic heterocycles. The highest BCUT2D eigenvalue weighted by Crippen LogP contribution is 2.21. The molecular weight excluding hydrogens is 260 g/mol. The van der Waals surface area contributed by atoms with E-state index >= 15 is 0 Å². The number of amides is 1. The smallest absolute Gasteiger partial charge is 0.253 e. The molecule has 0 aromatic carbocycles. The second-order valence-corrected chi connectivity index (χ2v) is 5.36. The maximum atomic E-state index is 12.3. The van der Waals surface area contributed by atoms with E-state index in [1.54, 1.807) is 26.4 Å². The van der Waals surface area contributed by atoms with Crippen LogP contribution >= 0.6 is 0 Å². The summed E-state index contributed by atoms with van der Waals surface area (Å²) in [6.45, 7) is 1.25. The van der Waals surface area contributed by atoms with Gasteiger partial charge in [-0.15, -0.1) is 0 Å². The van der Waals surface area contributed by atoms with Crippen molar-refractivity contribution in [1.82, 2.24) is 9.47 Å². The lowest BCUT2D eigenvalue weighted by molar-refractivity contribution is -0.0734. The summed E-state index contributed by atoms with van der Waals surface area (Å²) in [5, 5.41) is 10.4. The van der Waals surface area contributed by atoms with Crippen LogP contribution in [0.4, 0.5) is 0 Å². The molecule has 0 bridgehead atoms. The molecule has 20 heavy (non-hydrogen) atoms. The van der Waals surface area contributed by atoms with Crippen molar-refractivity contribution >= 4 is 5.91 Å². The molecule has 110 valence electrons. The largest absolute Gasteiger partial charge is 0.388 e. The number of likely N-dealkylation sites (N-methyl/N-ethyl adjacent to an activating group) is 1. The zero-order valence-corrected chi connectivity index (χ0v) is 11.8. The molecule has 0 saturated carbocycles. The maximum Gasteiger partial charge on any atom is 0.253 e. The van der Waals surface area contributed by atoms with Gasteiger partial charge in [-0.1, -0.05) is 0 Å². The van der Waals surface area contributed by atoms with Crippen LogP contribution in [0.5, 0.6) is 0 Å². The van der Waals surface area contributed by atoms with Crippen LogP contribution in [0.1, 0.15) is 23.2 Å². The minimum Gasteiger partial charge on any atom is -0.388 e. The van der Waals surface area contributed by atoms with Crippen LogP contribution in [0.2, 0.25) is 0 Å². The van der Waals surface area contributed by atoms with Crippen molar-refractivity contribution in [3.05, 3.63) is 34.2 Å². The first-order valence-electron chi connectivity index (χ1n) is 6.64. The summed E-state index contributed by atoms with van der Waals surface area (Å²) in [5.41, 5.74) is -0.789. The monoisotopic (exact) mass is 280 g/mol. The molecular formula is C14H20N2O4. The summed E-state index contributed by atoms with van der Waals surface area (Å²) in [7, 11) is 3.26. The average molecular weight is 280 g/mol. The molecule has 1 saturated heterocycles. The van der Waals surface area contributed by atoms with E-state index in [0.29, 0.717) is 31.6 Å². The Hall–Kier alpha value is -1.66. The Morgan fingerprint density at radius 1 is 1.50 bits per heavy atom. The van der Waals surface area contributed by atoms with E-state index in [9.17, 15) is 14.7 Å². The van der Waals surface area contributed by atoms with Crippen LogP contribution < -0.4 is 5.56 Å². The van der Waals surface area contributed by atoms with Crippen molar-refractivity contribution in [1.29, 1.82) is 0 Å². The van der Waals surface area contributed by atoms with E-state index in [1.807, 2.05) is 0 Å². The third kappa shape index (κ3) is 3.26. The number of ether oxygens (including phenoxy) is 1. The van der Waals surface area contributed by atoms with Crippen molar-refractivity contribution in [3.8, 4) is 0 Å². The van der Waals surface area contributed by atoms with Gasteiger partial charge in [0.15, 0.2) is 0 Å². The zero-order valence-electron chi connectivity index (χ0n) is 11.8. The fourth-order valence-electron chi connectivity index (χ4n) is 2.32. The van der Waals surface area contributed by atoms with Gasteiger partial charge >= 0.3 is 0 Å². The second-order valence-electron chi connectivity index (χ2n) is 5.36. The fraction of sp³-hybridized carbons (Fsp3) is 0.571. The number of aliphatic hydroxyl groups is 1. The van der Waals surface area contributed by atoms with Crippen LogP contribution in [0.15, 0.2) is 23.1 Å². The molecule has 1 amide bonds. The summed E-state index contributed by atoms with van der Waals surface area (Å²) < 4.78 is 6.62. The van der Waals surface area contributed by atoms with Gasteiger partial charge in [0.2, 0.25) is 0 Å². The number of nitrogens with zero attached hydrogens (tertiary/aromatic N) is 2. The van der Waals surface area contributed by atoms with E-state index in [1.165, 1.54) is 15.5 Å². The van der Waals surface area contributed by atoms with Crippen LogP contribution in [-0.4, -0.2) is 52.9 Å². The second kappa shape index (κ2) is 5.76. The molecule has 0 atom stereocenters. The Labute approximate surface area is 117 Å². The number of carbonyl (C=O) groups is 1. The molecule has 6 heteroatoms. The summed E-state index contributed by atoms with van der Waals surface area (Å²) in [6, 6.07) is 2.92. The van der Waals surface area contributed by atoms with Gasteiger partial charge in [0.05, 0.1) is 5.60 Å². The molecule has 2 heterocycles. The molecule has 0 radical (unpaired) electrons. The lowest BCUT2D eigenvalue weighted by atomic mass is 9.94. The molecule has 0 spiro atoms. The summed E-state index contributed by atoms with van der Waals surface area (Å²) in [5.74, 6) is -0.261. The Kier molecular flexibility index (Phi) is 4.25. The van der Waals surface area contributed by atoms with E-state index in [2.05, 4.69) is 0 Å². The summed E-state index contributed by atoms with van der Waals surface area (Å²) in [6.07, 6.45) is 2.59. The van der Waals surface area contributed by atoms with E-state index in [0.717, 1.165) is 0 Å². The molecule has 1 aliphatic heterocycles. The number of rotatable bonds is 3. The predicted molar refractivity (Wildman–Crippen MR) is 73.6 cm³/mol. The topological polar surface area (TPSA) is 71.8 Å². The molecule has 1 aliphatic rings. The van der Waals surface area contributed by atoms with Gasteiger partial charge in [-0.25, -0.2) is 0 Å². The highest BCUT2D eigenvalue weighted by Gasteiger charge is 2.32. The first-order valence-corrected chi connectivity index (χ1v) is 6.64. The first kappa shape index (κ1) is 14.7. The molecule has 2 rings (SSSR count). The zero-order chi connectivity index (χ0) is 14.8. The van der Waals surface area contributed by atoms with Crippen LogP contribution in [0.25, 0.3) is 0 Å². The molecule has 1 aromatic rings. The average Bonchev–Trinajstić information content (AvgIpc) is 2.41. The van der Waals surface area contributed by atoms with Crippen LogP contribution in [-0.2, 0) is 11.8 Å². The quantitative estimate of drug-likeness (QED) is 0.846. The van der Waals surface area contributed by atoms with Gasteiger partial charge in [-0.2, -0.15) is 0 Å². The Morgan fingerprint density at radius 3 is 2.75 bits per heavy atom. The molecule has 1 fully saturated rings. The first-order chi connectivity index (χ1) is 9.41. The van der Waals surface area contributed by atoms with Gasteiger partial charge in [-0.05, 0) is 6.07 Å². The highest BCUT2D eigenvalue weighted by atomic mass is 16.5. The van der Waals surface area contributed by atoms with Gasteiger partial charge in [0, 0.05) is 64.5 Å². The van der Waals surface area contributed by atoms with Gasteiger partial charge < -0.3 is 19.3 Å². The maximum absolute atomic E-state index is 12.3. The molecule has 6 nitrogen and oxygen atoms in total. The third-order valence-electron chi connectivity index (χ3n) is 3.65. The van der Waals surface area contributed by atoms with Crippen molar-refractivity contribution in [2.75, 3.05) is 26.8 Å². The number of aromatic nitrogens is 1. The normalized spacial score (nSPS) is 17.8. The van der Waals surface area contributed by atoms with Crippen molar-refractivity contribution in [3.63, 3.8) is 0 Å². The number of pyridine rings is 1. The van der Waals surface area contributed by atoms with Crippen molar-refractivity contribution in [2.24, 2.45) is 7.05 Å². The van der Waals surface area contributed by atoms with Crippen molar-refractivity contribution in [2.45, 2.75) is 18.4 Å². The minimum absolute atomic E-state index is 0.228. The lowest BCUT2D eigenvalue weighted by Gasteiger charge is -2.35. The van der Waals surface area contributed by atoms with Gasteiger partial charge in [-0.3, -0.25) is 9.59 Å². The highest BCUT2D eigenvalue weighted by molar-refractivity contribution is 5.93. The van der Waals surface area contributed by atoms with Gasteiger partial charge in [0.25, 0.3) is 11.5 Å². The van der Waals surface area contributed by atoms with Crippen molar-refractivity contribution < 1.29 is 14.6 Å². The van der Waals surface area contributed by atoms with E-state index in [4.69, 9.17) is 4.74 Å².